The molecule has 0 aliphatic carbocycles. The molecule has 3 rings (SSSR count). The first-order valence-corrected chi connectivity index (χ1v) is 8.13. The predicted molar refractivity (Wildman–Crippen MR) is 85.1 cm³/mol. The summed E-state index contributed by atoms with van der Waals surface area (Å²) in [6, 6.07) is 3.67. The summed E-state index contributed by atoms with van der Waals surface area (Å²) in [5, 5.41) is 6.56. The average molecular weight is 326 g/mol. The molecule has 1 amide bonds. The lowest BCUT2D eigenvalue weighted by molar-refractivity contribution is -0.123. The van der Waals surface area contributed by atoms with Crippen molar-refractivity contribution in [2.75, 3.05) is 25.0 Å². The number of nitrogens with one attached hydrogen (secondary N) is 2. The number of nitrogens with zero attached hydrogens (tertiary/aromatic N) is 1. The second kappa shape index (κ2) is 6.70. The van der Waals surface area contributed by atoms with Crippen LogP contribution in [-0.2, 0) is 9.53 Å². The Kier molecular flexibility index (Phi) is 4.70. The van der Waals surface area contributed by atoms with E-state index in [0.29, 0.717) is 10.7 Å². The lowest BCUT2D eigenvalue weighted by Gasteiger charge is -2.22. The summed E-state index contributed by atoms with van der Waals surface area (Å²) in [7, 11) is 0. The molecule has 0 saturated carbocycles. The molecule has 0 bridgehead atoms. The van der Waals surface area contributed by atoms with Gasteiger partial charge in [0.25, 0.3) is 0 Å². The van der Waals surface area contributed by atoms with Gasteiger partial charge in [0.2, 0.25) is 5.91 Å². The Labute approximate surface area is 131 Å². The van der Waals surface area contributed by atoms with Crippen LogP contribution >= 0.6 is 22.9 Å². The SMILES string of the molecule is O=C(COC1CCNCC1)Nc1c(Cl)ccc2scnc12. The topological polar surface area (TPSA) is 63.2 Å². The molecular weight excluding hydrogens is 310 g/mol. The van der Waals surface area contributed by atoms with Crippen molar-refractivity contribution in [1.82, 2.24) is 10.3 Å². The van der Waals surface area contributed by atoms with E-state index < -0.39 is 0 Å². The Morgan fingerprint density at radius 3 is 3.10 bits per heavy atom. The third-order valence-electron chi connectivity index (χ3n) is 3.45. The maximum absolute atomic E-state index is 12.0. The van der Waals surface area contributed by atoms with Crippen LogP contribution in [0.1, 0.15) is 12.8 Å². The molecule has 0 unspecified atom stereocenters. The van der Waals surface area contributed by atoms with Gasteiger partial charge in [-0.05, 0) is 38.1 Å². The smallest absolute Gasteiger partial charge is 0.250 e. The second-order valence-corrected chi connectivity index (χ2v) is 6.22. The zero-order valence-electron chi connectivity index (χ0n) is 11.4. The van der Waals surface area contributed by atoms with Crippen molar-refractivity contribution >= 4 is 44.7 Å². The lowest BCUT2D eigenvalue weighted by Crippen LogP contribution is -2.34. The van der Waals surface area contributed by atoms with Crippen LogP contribution < -0.4 is 10.6 Å². The van der Waals surface area contributed by atoms with Gasteiger partial charge in [0.05, 0.1) is 27.0 Å². The molecule has 1 aromatic heterocycles. The van der Waals surface area contributed by atoms with Crippen molar-refractivity contribution < 1.29 is 9.53 Å². The van der Waals surface area contributed by atoms with Gasteiger partial charge in [0.15, 0.2) is 0 Å². The van der Waals surface area contributed by atoms with Gasteiger partial charge in [0, 0.05) is 0 Å². The van der Waals surface area contributed by atoms with Crippen molar-refractivity contribution in [1.29, 1.82) is 0 Å². The van der Waals surface area contributed by atoms with Crippen LogP contribution in [0.5, 0.6) is 0 Å². The van der Waals surface area contributed by atoms with E-state index in [9.17, 15) is 4.79 Å². The minimum Gasteiger partial charge on any atom is -0.368 e. The van der Waals surface area contributed by atoms with Crippen LogP contribution in [0.2, 0.25) is 5.02 Å². The average Bonchev–Trinajstić information content (AvgIpc) is 2.98. The summed E-state index contributed by atoms with van der Waals surface area (Å²) >= 11 is 7.67. The number of thiazole rings is 1. The number of amides is 1. The van der Waals surface area contributed by atoms with E-state index >= 15 is 0 Å². The first kappa shape index (κ1) is 14.7. The fourth-order valence-corrected chi connectivity index (χ4v) is 3.24. The summed E-state index contributed by atoms with van der Waals surface area (Å²) in [4.78, 5) is 16.3. The fraction of sp³-hybridized carbons (Fsp3) is 0.429. The van der Waals surface area contributed by atoms with Crippen LogP contribution in [0, 0.1) is 0 Å². The molecule has 1 saturated heterocycles. The maximum atomic E-state index is 12.0. The quantitative estimate of drug-likeness (QED) is 0.907. The molecule has 1 fully saturated rings. The molecule has 5 nitrogen and oxygen atoms in total. The maximum Gasteiger partial charge on any atom is 0.250 e. The van der Waals surface area contributed by atoms with Crippen molar-refractivity contribution in [3.63, 3.8) is 0 Å². The molecule has 2 heterocycles. The number of carbonyl (C=O) groups is 1. The van der Waals surface area contributed by atoms with Crippen LogP contribution in [0.15, 0.2) is 17.6 Å². The standard InChI is InChI=1S/C14H16ClN3O2S/c15-10-1-2-11-14(17-8-21-11)13(10)18-12(19)7-20-9-3-5-16-6-4-9/h1-2,8-9,16H,3-7H2,(H,18,19). The number of carbonyl (C=O) groups excluding carboxylic acids is 1. The molecule has 0 atom stereocenters. The number of piperidine rings is 1. The van der Waals surface area contributed by atoms with Gasteiger partial charge < -0.3 is 15.4 Å². The highest BCUT2D eigenvalue weighted by Crippen LogP contribution is 2.32. The van der Waals surface area contributed by atoms with Crippen molar-refractivity contribution in [3.05, 3.63) is 22.7 Å². The number of benzene rings is 1. The summed E-state index contributed by atoms with van der Waals surface area (Å²) < 4.78 is 6.63. The Bertz CT molecular complexity index is 640. The van der Waals surface area contributed by atoms with Crippen LogP contribution in [0.3, 0.4) is 0 Å². The number of aromatic nitrogens is 1. The minimum absolute atomic E-state index is 0.0432. The monoisotopic (exact) mass is 325 g/mol. The molecule has 2 aromatic rings. The summed E-state index contributed by atoms with van der Waals surface area (Å²) in [6.45, 7) is 1.92. The Balaban J connectivity index is 1.63. The highest BCUT2D eigenvalue weighted by molar-refractivity contribution is 7.16. The fourth-order valence-electron chi connectivity index (χ4n) is 2.36. The highest BCUT2D eigenvalue weighted by Gasteiger charge is 2.16. The summed E-state index contributed by atoms with van der Waals surface area (Å²) in [5.74, 6) is -0.198. The van der Waals surface area contributed by atoms with E-state index in [1.54, 1.807) is 11.6 Å². The van der Waals surface area contributed by atoms with Crippen molar-refractivity contribution in [2.45, 2.75) is 18.9 Å². The largest absolute Gasteiger partial charge is 0.368 e. The molecule has 0 spiro atoms. The number of hydrogen-bond acceptors (Lipinski definition) is 5. The molecule has 0 radical (unpaired) electrons. The highest BCUT2D eigenvalue weighted by atomic mass is 35.5. The first-order valence-electron chi connectivity index (χ1n) is 6.88. The second-order valence-electron chi connectivity index (χ2n) is 4.93. The number of anilines is 1. The Morgan fingerprint density at radius 1 is 1.48 bits per heavy atom. The summed E-state index contributed by atoms with van der Waals surface area (Å²) in [6.07, 6.45) is 2.04. The first-order chi connectivity index (χ1) is 10.2. The molecule has 1 aliphatic heterocycles. The van der Waals surface area contributed by atoms with Crippen LogP contribution in [0.4, 0.5) is 5.69 Å². The number of hydrogen-bond donors (Lipinski definition) is 2. The molecule has 2 N–H and O–H groups in total. The molecular formula is C14H16ClN3O2S. The van der Waals surface area contributed by atoms with Crippen molar-refractivity contribution in [2.24, 2.45) is 0 Å². The lowest BCUT2D eigenvalue weighted by atomic mass is 10.1. The van der Waals surface area contributed by atoms with E-state index in [4.69, 9.17) is 16.3 Å². The zero-order valence-corrected chi connectivity index (χ0v) is 13.0. The number of ether oxygens (including phenoxy) is 1. The van der Waals surface area contributed by atoms with Crippen molar-refractivity contribution in [3.8, 4) is 0 Å². The van der Waals surface area contributed by atoms with Gasteiger partial charge in [-0.3, -0.25) is 4.79 Å². The molecule has 21 heavy (non-hydrogen) atoms. The third kappa shape index (κ3) is 3.52. The van der Waals surface area contributed by atoms with E-state index in [1.807, 2.05) is 6.07 Å². The van der Waals surface area contributed by atoms with Crippen LogP contribution in [0.25, 0.3) is 10.2 Å². The normalized spacial score (nSPS) is 16.2. The van der Waals surface area contributed by atoms with Crippen LogP contribution in [-0.4, -0.2) is 36.7 Å². The Hall–Kier alpha value is -1.21. The number of fused-ring (bicyclic) bond motifs is 1. The molecule has 112 valence electrons. The van der Waals surface area contributed by atoms with E-state index in [-0.39, 0.29) is 18.6 Å². The van der Waals surface area contributed by atoms with Gasteiger partial charge in [-0.1, -0.05) is 11.6 Å². The number of rotatable bonds is 4. The van der Waals surface area contributed by atoms with Gasteiger partial charge in [-0.2, -0.15) is 0 Å². The molecule has 7 heteroatoms. The summed E-state index contributed by atoms with van der Waals surface area (Å²) in [5.41, 5.74) is 3.03. The molecule has 1 aliphatic rings. The van der Waals surface area contributed by atoms with Gasteiger partial charge >= 0.3 is 0 Å². The predicted octanol–water partition coefficient (Wildman–Crippen LogP) is 2.66. The van der Waals surface area contributed by atoms with E-state index in [0.717, 1.165) is 36.1 Å². The van der Waals surface area contributed by atoms with E-state index in [2.05, 4.69) is 15.6 Å². The Morgan fingerprint density at radius 2 is 2.29 bits per heavy atom. The molecule has 1 aromatic carbocycles. The minimum atomic E-state index is -0.198. The zero-order chi connectivity index (χ0) is 14.7. The van der Waals surface area contributed by atoms with E-state index in [1.165, 1.54) is 11.3 Å². The van der Waals surface area contributed by atoms with Gasteiger partial charge in [0.1, 0.15) is 12.1 Å². The number of halogens is 1. The van der Waals surface area contributed by atoms with Gasteiger partial charge in [-0.25, -0.2) is 4.98 Å². The third-order valence-corrected chi connectivity index (χ3v) is 4.56. The van der Waals surface area contributed by atoms with Gasteiger partial charge in [-0.15, -0.1) is 11.3 Å².